The summed E-state index contributed by atoms with van der Waals surface area (Å²) in [6, 6.07) is 9.07. The summed E-state index contributed by atoms with van der Waals surface area (Å²) in [6.07, 6.45) is 1.58. The van der Waals surface area contributed by atoms with Crippen LogP contribution in [0.1, 0.15) is 11.3 Å². The lowest BCUT2D eigenvalue weighted by Gasteiger charge is -2.17. The number of halogens is 2. The van der Waals surface area contributed by atoms with E-state index < -0.39 is 15.8 Å². The molecule has 21 heavy (non-hydrogen) atoms. The number of nitrogens with zero attached hydrogens (tertiary/aromatic N) is 2. The lowest BCUT2D eigenvalue weighted by Crippen LogP contribution is -2.27. The first-order valence-corrected chi connectivity index (χ1v) is 8.13. The van der Waals surface area contributed by atoms with Crippen LogP contribution in [-0.2, 0) is 22.4 Å². The minimum atomic E-state index is -3.92. The van der Waals surface area contributed by atoms with Gasteiger partial charge in [-0.25, -0.2) is 12.8 Å². The lowest BCUT2D eigenvalue weighted by molar-refractivity contribution is 0.455. The minimum Gasteiger partial charge on any atom is -0.260 e. The van der Waals surface area contributed by atoms with E-state index >= 15 is 0 Å². The quantitative estimate of drug-likeness (QED) is 0.793. The molecule has 0 N–H and O–H groups in total. The summed E-state index contributed by atoms with van der Waals surface area (Å²) < 4.78 is 39.8. The Morgan fingerprint density at radius 3 is 2.62 bits per heavy atom. The molecule has 0 saturated carbocycles. The second-order valence-corrected chi connectivity index (χ2v) is 6.76. The summed E-state index contributed by atoms with van der Waals surface area (Å²) in [7, 11) is -2.53. The molecule has 0 saturated heterocycles. The molecule has 0 amide bonds. The number of hydrogen-bond acceptors (Lipinski definition) is 3. The zero-order valence-electron chi connectivity index (χ0n) is 11.3. The van der Waals surface area contributed by atoms with Crippen LogP contribution < -0.4 is 0 Å². The zero-order valence-corrected chi connectivity index (χ0v) is 12.9. The average Bonchev–Trinajstić information content (AvgIpc) is 2.47. The summed E-state index contributed by atoms with van der Waals surface area (Å²) >= 11 is 5.60. The first-order chi connectivity index (χ1) is 9.95. The predicted molar refractivity (Wildman–Crippen MR) is 78.8 cm³/mol. The number of hydrogen-bond donors (Lipinski definition) is 0. The van der Waals surface area contributed by atoms with Crippen molar-refractivity contribution in [1.29, 1.82) is 0 Å². The smallest absolute Gasteiger partial charge is 0.246 e. The molecule has 2 aromatic rings. The van der Waals surface area contributed by atoms with Crippen LogP contribution in [0.15, 0.2) is 47.5 Å². The van der Waals surface area contributed by atoms with Crippen molar-refractivity contribution >= 4 is 21.6 Å². The molecule has 4 nitrogen and oxygen atoms in total. The molecule has 0 aliphatic rings. The van der Waals surface area contributed by atoms with Crippen molar-refractivity contribution in [2.75, 3.05) is 7.05 Å². The fraction of sp³-hybridized carbons (Fsp3) is 0.214. The number of alkyl halides is 1. The van der Waals surface area contributed by atoms with Crippen LogP contribution in [0, 0.1) is 5.82 Å². The average molecular weight is 329 g/mol. The highest BCUT2D eigenvalue weighted by Crippen LogP contribution is 2.21. The topological polar surface area (TPSA) is 50.3 Å². The Hall–Kier alpha value is -1.50. The van der Waals surface area contributed by atoms with Crippen LogP contribution in [0.25, 0.3) is 0 Å². The standard InChI is InChI=1S/C14H14ClFN2O2S/c1-18(10-12-4-2-3-7-17-12)21(19,20)14-6-5-11(9-15)8-13(14)16/h2-8H,9-10H2,1H3. The third-order valence-corrected chi connectivity index (χ3v) is 5.09. The van der Waals surface area contributed by atoms with Gasteiger partial charge >= 0.3 is 0 Å². The highest BCUT2D eigenvalue weighted by molar-refractivity contribution is 7.89. The molecule has 0 fully saturated rings. The molecule has 7 heteroatoms. The first-order valence-electron chi connectivity index (χ1n) is 6.16. The fourth-order valence-electron chi connectivity index (χ4n) is 1.81. The molecule has 112 valence electrons. The largest absolute Gasteiger partial charge is 0.260 e. The zero-order chi connectivity index (χ0) is 15.5. The second kappa shape index (κ2) is 6.51. The summed E-state index contributed by atoms with van der Waals surface area (Å²) in [5.74, 6) is -0.679. The molecule has 0 unspecified atom stereocenters. The van der Waals surface area contributed by atoms with E-state index in [-0.39, 0.29) is 17.3 Å². The Morgan fingerprint density at radius 2 is 2.05 bits per heavy atom. The van der Waals surface area contributed by atoms with Crippen LogP contribution in [0.3, 0.4) is 0 Å². The van der Waals surface area contributed by atoms with Crippen LogP contribution in [0.4, 0.5) is 4.39 Å². The van der Waals surface area contributed by atoms with Gasteiger partial charge in [0.25, 0.3) is 0 Å². The van der Waals surface area contributed by atoms with Gasteiger partial charge in [-0.3, -0.25) is 4.98 Å². The normalized spacial score (nSPS) is 11.8. The van der Waals surface area contributed by atoms with Crippen LogP contribution in [-0.4, -0.2) is 24.8 Å². The van der Waals surface area contributed by atoms with Crippen molar-refractivity contribution < 1.29 is 12.8 Å². The van der Waals surface area contributed by atoms with Crippen molar-refractivity contribution in [2.24, 2.45) is 0 Å². The van der Waals surface area contributed by atoms with Gasteiger partial charge in [0.1, 0.15) is 10.7 Å². The van der Waals surface area contributed by atoms with Crippen LogP contribution >= 0.6 is 11.6 Å². The number of aromatic nitrogens is 1. The van der Waals surface area contributed by atoms with E-state index in [0.717, 1.165) is 10.4 Å². The van der Waals surface area contributed by atoms with E-state index in [9.17, 15) is 12.8 Å². The van der Waals surface area contributed by atoms with E-state index in [2.05, 4.69) is 4.98 Å². The highest BCUT2D eigenvalue weighted by atomic mass is 35.5. The Bertz CT molecular complexity index is 723. The van der Waals surface area contributed by atoms with E-state index in [0.29, 0.717) is 11.3 Å². The van der Waals surface area contributed by atoms with Gasteiger partial charge < -0.3 is 0 Å². The van der Waals surface area contributed by atoms with Gasteiger partial charge in [0.15, 0.2) is 0 Å². The van der Waals surface area contributed by atoms with Crippen molar-refractivity contribution in [2.45, 2.75) is 17.3 Å². The summed E-state index contributed by atoms with van der Waals surface area (Å²) in [4.78, 5) is 3.69. The van der Waals surface area contributed by atoms with Gasteiger partial charge in [0.05, 0.1) is 12.2 Å². The predicted octanol–water partition coefficient (Wildman–Crippen LogP) is 2.78. The molecule has 0 atom stereocenters. The Morgan fingerprint density at radius 1 is 1.29 bits per heavy atom. The summed E-state index contributed by atoms with van der Waals surface area (Å²) in [5.41, 5.74) is 1.11. The third kappa shape index (κ3) is 3.58. The first kappa shape index (κ1) is 15.9. The van der Waals surface area contributed by atoms with Crippen molar-refractivity contribution in [1.82, 2.24) is 9.29 Å². The number of pyridine rings is 1. The summed E-state index contributed by atoms with van der Waals surface area (Å²) in [6.45, 7) is 0.0693. The number of benzene rings is 1. The molecule has 0 aliphatic heterocycles. The van der Waals surface area contributed by atoms with E-state index in [1.54, 1.807) is 24.4 Å². The van der Waals surface area contributed by atoms with Crippen molar-refractivity contribution in [3.63, 3.8) is 0 Å². The second-order valence-electron chi connectivity index (χ2n) is 4.48. The van der Waals surface area contributed by atoms with Gasteiger partial charge in [0, 0.05) is 19.1 Å². The van der Waals surface area contributed by atoms with E-state index in [1.165, 1.54) is 19.2 Å². The lowest BCUT2D eigenvalue weighted by atomic mass is 10.2. The molecular formula is C14H14ClFN2O2S. The maximum atomic E-state index is 14.0. The van der Waals surface area contributed by atoms with Gasteiger partial charge in [-0.05, 0) is 29.8 Å². The Balaban J connectivity index is 2.29. The highest BCUT2D eigenvalue weighted by Gasteiger charge is 2.24. The van der Waals surface area contributed by atoms with Gasteiger partial charge in [-0.15, -0.1) is 11.6 Å². The third-order valence-electron chi connectivity index (χ3n) is 2.95. The number of rotatable bonds is 5. The van der Waals surface area contributed by atoms with Gasteiger partial charge in [-0.2, -0.15) is 4.31 Å². The minimum absolute atomic E-state index is 0.0693. The molecule has 1 aromatic carbocycles. The van der Waals surface area contributed by atoms with E-state index in [4.69, 9.17) is 11.6 Å². The Labute approximate surface area is 128 Å². The van der Waals surface area contributed by atoms with Gasteiger partial charge in [-0.1, -0.05) is 12.1 Å². The van der Waals surface area contributed by atoms with E-state index in [1.807, 2.05) is 0 Å². The summed E-state index contributed by atoms with van der Waals surface area (Å²) in [5, 5.41) is 0. The SMILES string of the molecule is CN(Cc1ccccn1)S(=O)(=O)c1ccc(CCl)cc1F. The molecule has 2 rings (SSSR count). The monoisotopic (exact) mass is 328 g/mol. The Kier molecular flexibility index (Phi) is 4.92. The molecule has 1 aromatic heterocycles. The van der Waals surface area contributed by atoms with Crippen LogP contribution in [0.2, 0.25) is 0 Å². The van der Waals surface area contributed by atoms with Crippen molar-refractivity contribution in [3.8, 4) is 0 Å². The fourth-order valence-corrected chi connectivity index (χ4v) is 3.16. The maximum Gasteiger partial charge on any atom is 0.246 e. The molecule has 0 spiro atoms. The van der Waals surface area contributed by atoms with Crippen molar-refractivity contribution in [3.05, 3.63) is 59.7 Å². The molecule has 0 radical (unpaired) electrons. The maximum absolute atomic E-state index is 14.0. The molecule has 0 bridgehead atoms. The van der Waals surface area contributed by atoms with Gasteiger partial charge in [0.2, 0.25) is 10.0 Å². The molecule has 1 heterocycles. The molecular weight excluding hydrogens is 315 g/mol. The number of sulfonamides is 1. The van der Waals surface area contributed by atoms with Crippen LogP contribution in [0.5, 0.6) is 0 Å². The molecule has 0 aliphatic carbocycles.